The molecule has 0 aromatic heterocycles. The zero-order valence-corrected chi connectivity index (χ0v) is 64.7. The summed E-state index contributed by atoms with van der Waals surface area (Å²) in [5.41, 5.74) is 27.6. The van der Waals surface area contributed by atoms with Gasteiger partial charge in [0.25, 0.3) is 0 Å². The average molecular weight is 1350 g/mol. The first-order valence-corrected chi connectivity index (χ1v) is 39.3. The molecule has 10 aromatic carbocycles. The Labute approximate surface area is 622 Å². The normalized spacial score (nSPS) is 21.9. The van der Waals surface area contributed by atoms with E-state index in [2.05, 4.69) is 376 Å². The number of hydrogen-bond acceptors (Lipinski definition) is 0. The van der Waals surface area contributed by atoms with Crippen molar-refractivity contribution in [1.82, 2.24) is 0 Å². The second-order valence-electron chi connectivity index (χ2n) is 36.1. The molecule has 0 saturated heterocycles. The van der Waals surface area contributed by atoms with Crippen molar-refractivity contribution >= 4 is 36.5 Å². The quantitative estimate of drug-likeness (QED) is 0.0668. The number of hydrogen-bond donors (Lipinski definition) is 0. The van der Waals surface area contributed by atoms with Gasteiger partial charge in [0.05, 0.1) is 0 Å². The van der Waals surface area contributed by atoms with Gasteiger partial charge in [-0.05, 0) is 244 Å². The molecule has 528 valence electrons. The molecule has 3 saturated carbocycles. The van der Waals surface area contributed by atoms with E-state index in [0.29, 0.717) is 41.4 Å². The number of benzene rings is 10. The maximum absolute atomic E-state index is 2.43. The zero-order chi connectivity index (χ0) is 72.2. The lowest BCUT2D eigenvalue weighted by Crippen LogP contribution is -2.20. The van der Waals surface area contributed by atoms with E-state index < -0.39 is 0 Å². The monoisotopic (exact) mass is 1350 g/mol. The largest absolute Gasteiger partial charge is 0.0625 e. The predicted molar refractivity (Wildman–Crippen MR) is 446 cm³/mol. The van der Waals surface area contributed by atoms with Crippen molar-refractivity contribution in [3.8, 4) is 0 Å². The lowest BCUT2D eigenvalue weighted by Gasteiger charge is -2.36. The molecule has 0 radical (unpaired) electrons. The van der Waals surface area contributed by atoms with Gasteiger partial charge in [0.2, 0.25) is 0 Å². The fourth-order valence-corrected chi connectivity index (χ4v) is 17.7. The van der Waals surface area contributed by atoms with Crippen molar-refractivity contribution in [3.05, 3.63) is 354 Å². The van der Waals surface area contributed by atoms with Gasteiger partial charge < -0.3 is 0 Å². The molecule has 6 atom stereocenters. The van der Waals surface area contributed by atoms with Crippen LogP contribution in [0.3, 0.4) is 0 Å². The molecule has 0 heterocycles. The fourth-order valence-electron chi connectivity index (χ4n) is 17.7. The van der Waals surface area contributed by atoms with E-state index in [1.54, 1.807) is 0 Å². The smallest absolute Gasteiger partial charge is 0.0340 e. The lowest BCUT2D eigenvalue weighted by atomic mass is 9.68. The highest BCUT2D eigenvalue weighted by Crippen LogP contribution is 2.51. The van der Waals surface area contributed by atoms with Crippen LogP contribution in [-0.4, -0.2) is 0 Å². The van der Waals surface area contributed by atoms with Crippen LogP contribution in [0.4, 0.5) is 0 Å². The molecule has 0 nitrogen and oxygen atoms in total. The second kappa shape index (κ2) is 31.0. The first-order valence-electron chi connectivity index (χ1n) is 39.3. The molecule has 0 bridgehead atoms. The van der Waals surface area contributed by atoms with Gasteiger partial charge in [-0.15, -0.1) is 0 Å². The van der Waals surface area contributed by atoms with Gasteiger partial charge in [-0.25, -0.2) is 0 Å². The summed E-state index contributed by atoms with van der Waals surface area (Å²) in [5.74, 6) is 5.34. The highest BCUT2D eigenvalue weighted by atomic mass is 14.4. The SMILES string of the molecule is CC1CC(C)CC(c2ccc(/C=C/c3ccc(C(c4ccc(/C=C/c5ccc(C6CC(c7ccc(C(C)(C)C)cc7)CC(c7ccc(C(C)(C)C)cc7)C6)cc5)cc4)c4ccc(/C=C/c5ccc(C6CC(c7ccc(C(C)(C)C)cc7)CC(c7ccc(C(C)(C)C)cc7)C6)cc5)cc4)cc3)cc2)C1. The molecule has 0 heteroatoms. The molecule has 103 heavy (non-hydrogen) atoms. The summed E-state index contributed by atoms with van der Waals surface area (Å²) in [6.45, 7) is 32.6. The fraction of sp³-hybridized carbons (Fsp3) is 0.359. The third-order valence-electron chi connectivity index (χ3n) is 24.0. The topological polar surface area (TPSA) is 0 Å². The van der Waals surface area contributed by atoms with Crippen LogP contribution in [0.2, 0.25) is 0 Å². The Morgan fingerprint density at radius 2 is 0.359 bits per heavy atom. The van der Waals surface area contributed by atoms with Gasteiger partial charge >= 0.3 is 0 Å². The minimum Gasteiger partial charge on any atom is -0.0625 e. The summed E-state index contributed by atoms with van der Waals surface area (Å²) in [4.78, 5) is 0. The van der Waals surface area contributed by atoms with Gasteiger partial charge in [0.1, 0.15) is 0 Å². The lowest BCUT2D eigenvalue weighted by molar-refractivity contribution is 0.268. The Balaban J connectivity index is 0.720. The summed E-state index contributed by atoms with van der Waals surface area (Å²) in [6, 6.07) is 94.8. The van der Waals surface area contributed by atoms with Crippen LogP contribution in [0, 0.1) is 11.8 Å². The van der Waals surface area contributed by atoms with E-state index >= 15 is 0 Å². The summed E-state index contributed by atoms with van der Waals surface area (Å²) < 4.78 is 0. The molecule has 3 fully saturated rings. The molecule has 3 aliphatic rings. The van der Waals surface area contributed by atoms with Crippen molar-refractivity contribution in [2.24, 2.45) is 11.8 Å². The van der Waals surface area contributed by atoms with Crippen LogP contribution in [-0.2, 0) is 21.7 Å². The molecule has 0 N–H and O–H groups in total. The first kappa shape index (κ1) is 72.8. The Kier molecular flexibility index (Phi) is 21.9. The highest BCUT2D eigenvalue weighted by Gasteiger charge is 2.35. The highest BCUT2D eigenvalue weighted by molar-refractivity contribution is 5.72. The van der Waals surface area contributed by atoms with Crippen LogP contribution in [0.25, 0.3) is 36.5 Å². The molecule has 10 aromatic rings. The van der Waals surface area contributed by atoms with E-state index in [4.69, 9.17) is 0 Å². The van der Waals surface area contributed by atoms with Crippen LogP contribution in [0.5, 0.6) is 0 Å². The summed E-state index contributed by atoms with van der Waals surface area (Å²) in [6.07, 6.45) is 24.7. The average Bonchev–Trinajstić information content (AvgIpc) is 0.799. The second-order valence-corrected chi connectivity index (χ2v) is 36.1. The summed E-state index contributed by atoms with van der Waals surface area (Å²) in [7, 11) is 0. The molecule has 13 rings (SSSR count). The van der Waals surface area contributed by atoms with Gasteiger partial charge in [0.15, 0.2) is 0 Å². The Bertz CT molecular complexity index is 4090. The summed E-state index contributed by atoms with van der Waals surface area (Å²) >= 11 is 0. The van der Waals surface area contributed by atoms with Crippen molar-refractivity contribution in [3.63, 3.8) is 0 Å². The van der Waals surface area contributed by atoms with Crippen LogP contribution in [0.15, 0.2) is 243 Å². The minimum absolute atomic E-state index is 0.0568. The van der Waals surface area contributed by atoms with Gasteiger partial charge in [-0.2, -0.15) is 0 Å². The van der Waals surface area contributed by atoms with Gasteiger partial charge in [0, 0.05) is 5.92 Å². The third kappa shape index (κ3) is 18.3. The zero-order valence-electron chi connectivity index (χ0n) is 64.7. The van der Waals surface area contributed by atoms with Gasteiger partial charge in [-0.1, -0.05) is 376 Å². The standard InChI is InChI=1S/C103H116/c1-70-61-71(2)63-88(62-70)78-33-21-72(22-34-78)15-18-75-27-39-85(40-28-75)99(86-41-29-76(30-42-86)19-16-73-23-35-79(36-24-73)89-64-91(81-45-53-95(54-46-81)100(3,4)5)68-92(65-89)82-47-55-96(56-48-82)101(6,7)8)87-43-31-77(32-44-87)20-17-74-25-37-80(38-26-74)90-66-93(83-49-57-97(58-50-83)102(9,10)11)69-94(67-90)84-51-59-98(60-52-84)103(12,13)14/h15-60,70-71,88-94,99H,61-69H2,1-14H3/b18-15+,19-16+,20-17+. The van der Waals surface area contributed by atoms with Crippen LogP contribution >= 0.6 is 0 Å². The molecule has 3 aliphatic carbocycles. The van der Waals surface area contributed by atoms with Crippen molar-refractivity contribution in [1.29, 1.82) is 0 Å². The van der Waals surface area contributed by atoms with E-state index in [1.807, 2.05) is 0 Å². The Morgan fingerprint density at radius 3 is 0.534 bits per heavy atom. The number of rotatable bonds is 16. The Morgan fingerprint density at radius 1 is 0.204 bits per heavy atom. The maximum atomic E-state index is 2.43. The molecule has 6 unspecified atom stereocenters. The van der Waals surface area contributed by atoms with E-state index in [-0.39, 0.29) is 27.6 Å². The summed E-state index contributed by atoms with van der Waals surface area (Å²) in [5, 5.41) is 0. The van der Waals surface area contributed by atoms with Crippen molar-refractivity contribution in [2.75, 3.05) is 0 Å². The predicted octanol–water partition coefficient (Wildman–Crippen LogP) is 28.8. The molecule has 0 spiro atoms. The molecule has 0 aliphatic heterocycles. The molecular formula is C103H116. The van der Waals surface area contributed by atoms with E-state index in [0.717, 1.165) is 11.8 Å². The van der Waals surface area contributed by atoms with Crippen LogP contribution < -0.4 is 0 Å². The molecule has 0 amide bonds. The van der Waals surface area contributed by atoms with E-state index in [9.17, 15) is 0 Å². The van der Waals surface area contributed by atoms with Crippen LogP contribution in [0.1, 0.15) is 313 Å². The van der Waals surface area contributed by atoms with E-state index in [1.165, 1.54) is 169 Å². The van der Waals surface area contributed by atoms with Crippen molar-refractivity contribution in [2.45, 2.75) is 224 Å². The molecular weight excluding hydrogens is 1240 g/mol. The van der Waals surface area contributed by atoms with Gasteiger partial charge in [-0.3, -0.25) is 0 Å². The Hall–Kier alpha value is -8.58. The van der Waals surface area contributed by atoms with Crippen molar-refractivity contribution < 1.29 is 0 Å². The first-order chi connectivity index (χ1) is 49.3. The minimum atomic E-state index is 0.0568. The maximum Gasteiger partial charge on any atom is 0.0340 e. The third-order valence-corrected chi connectivity index (χ3v) is 24.0.